The van der Waals surface area contributed by atoms with Crippen molar-refractivity contribution in [1.82, 2.24) is 5.32 Å². The highest BCUT2D eigenvalue weighted by molar-refractivity contribution is 5.79. The molecule has 152 valence electrons. The maximum absolute atomic E-state index is 12.5. The van der Waals surface area contributed by atoms with Crippen LogP contribution >= 0.6 is 0 Å². The van der Waals surface area contributed by atoms with E-state index in [1.807, 2.05) is 24.3 Å². The van der Waals surface area contributed by atoms with Gasteiger partial charge in [0.05, 0.1) is 12.6 Å². The van der Waals surface area contributed by atoms with Crippen molar-refractivity contribution in [1.29, 1.82) is 0 Å². The van der Waals surface area contributed by atoms with Crippen LogP contribution in [0.5, 0.6) is 0 Å². The van der Waals surface area contributed by atoms with Crippen LogP contribution in [0.3, 0.4) is 0 Å². The molecule has 0 saturated carbocycles. The number of nitrogens with one attached hydrogen (secondary N) is 1. The fraction of sp³-hybridized carbons (Fsp3) is 0.435. The Morgan fingerprint density at radius 1 is 1.07 bits per heavy atom. The van der Waals surface area contributed by atoms with E-state index >= 15 is 0 Å². The number of fused-ring (bicyclic) bond motifs is 3. The molecule has 2 fully saturated rings. The number of hydrogen-bond acceptors (Lipinski definition) is 5. The lowest BCUT2D eigenvalue weighted by Crippen LogP contribution is -2.51. The molecule has 2 saturated heterocycles. The van der Waals surface area contributed by atoms with Gasteiger partial charge in [0.2, 0.25) is 0 Å². The summed E-state index contributed by atoms with van der Waals surface area (Å²) in [5.41, 5.74) is 4.12. The Balaban J connectivity index is 1.24. The fourth-order valence-corrected chi connectivity index (χ4v) is 4.87. The lowest BCUT2D eigenvalue weighted by molar-refractivity contribution is -0.120. The van der Waals surface area contributed by atoms with Crippen molar-refractivity contribution in [3.05, 3.63) is 59.7 Å². The molecular weight excluding hydrogens is 370 g/mol. The minimum Gasteiger partial charge on any atom is -0.449 e. The summed E-state index contributed by atoms with van der Waals surface area (Å²) >= 11 is 0. The fourth-order valence-electron chi connectivity index (χ4n) is 4.87. The highest BCUT2D eigenvalue weighted by atomic mass is 16.6. The van der Waals surface area contributed by atoms with Crippen molar-refractivity contribution in [3.63, 3.8) is 0 Å². The predicted molar refractivity (Wildman–Crippen MR) is 107 cm³/mol. The van der Waals surface area contributed by atoms with E-state index in [4.69, 9.17) is 14.2 Å². The zero-order valence-corrected chi connectivity index (χ0v) is 16.2. The molecule has 2 atom stereocenters. The van der Waals surface area contributed by atoms with Gasteiger partial charge in [0.1, 0.15) is 18.3 Å². The van der Waals surface area contributed by atoms with Gasteiger partial charge in [-0.25, -0.2) is 4.79 Å². The Morgan fingerprint density at radius 3 is 2.34 bits per heavy atom. The van der Waals surface area contributed by atoms with E-state index in [0.717, 1.165) is 0 Å². The molecule has 5 rings (SSSR count). The van der Waals surface area contributed by atoms with Crippen LogP contribution in [0, 0.1) is 0 Å². The molecule has 2 aromatic rings. The molecule has 2 aliphatic heterocycles. The van der Waals surface area contributed by atoms with Crippen LogP contribution in [0.25, 0.3) is 11.1 Å². The Hall–Kier alpha value is -2.41. The van der Waals surface area contributed by atoms with Gasteiger partial charge in [-0.3, -0.25) is 0 Å². The lowest BCUT2D eigenvalue weighted by Gasteiger charge is -2.35. The number of alkyl carbamates (subject to hydrolysis) is 1. The van der Waals surface area contributed by atoms with E-state index in [9.17, 15) is 9.90 Å². The van der Waals surface area contributed by atoms with Crippen molar-refractivity contribution in [2.45, 2.75) is 36.5 Å². The lowest BCUT2D eigenvalue weighted by atomic mass is 9.87. The number of carbonyl (C=O) groups is 1. The second-order valence-corrected chi connectivity index (χ2v) is 8.01. The Kier molecular flexibility index (Phi) is 4.78. The monoisotopic (exact) mass is 395 g/mol. The summed E-state index contributed by atoms with van der Waals surface area (Å²) in [4.78, 5) is 12.5. The van der Waals surface area contributed by atoms with Crippen molar-refractivity contribution >= 4 is 6.09 Å². The zero-order valence-electron chi connectivity index (χ0n) is 16.2. The average molecular weight is 395 g/mol. The van der Waals surface area contributed by atoms with Gasteiger partial charge in [-0.2, -0.15) is 0 Å². The van der Waals surface area contributed by atoms with Crippen LogP contribution in [0.15, 0.2) is 48.5 Å². The third-order valence-corrected chi connectivity index (χ3v) is 6.46. The van der Waals surface area contributed by atoms with Gasteiger partial charge in [-0.05, 0) is 22.3 Å². The summed E-state index contributed by atoms with van der Waals surface area (Å²) in [6.07, 6.45) is -0.0100. The van der Waals surface area contributed by atoms with Gasteiger partial charge in [0.15, 0.2) is 0 Å². The van der Waals surface area contributed by atoms with Crippen LogP contribution in [0.2, 0.25) is 0 Å². The van der Waals surface area contributed by atoms with Gasteiger partial charge in [-0.15, -0.1) is 0 Å². The summed E-state index contributed by atoms with van der Waals surface area (Å²) in [5.74, 6) is 0.0136. The van der Waals surface area contributed by atoms with E-state index in [1.165, 1.54) is 22.3 Å². The Morgan fingerprint density at radius 2 is 1.69 bits per heavy atom. The first-order valence-electron chi connectivity index (χ1n) is 10.2. The van der Waals surface area contributed by atoms with Gasteiger partial charge in [0, 0.05) is 32.0 Å². The zero-order chi connectivity index (χ0) is 19.8. The third kappa shape index (κ3) is 3.21. The summed E-state index contributed by atoms with van der Waals surface area (Å²) in [6.45, 7) is 1.66. The molecule has 2 aromatic carbocycles. The number of carbonyl (C=O) groups excluding carboxylic acids is 1. The normalized spacial score (nSPS) is 24.9. The Bertz CT molecular complexity index is 862. The molecule has 1 aliphatic carbocycles. The number of hydrogen-bond donors (Lipinski definition) is 2. The van der Waals surface area contributed by atoms with Crippen LogP contribution in [-0.2, 0) is 14.2 Å². The minimum absolute atomic E-state index is 0.0136. The number of benzene rings is 2. The first-order valence-corrected chi connectivity index (χ1v) is 10.2. The molecule has 0 unspecified atom stereocenters. The number of ether oxygens (including phenoxy) is 3. The number of aliphatic hydroxyl groups excluding tert-OH is 1. The topological polar surface area (TPSA) is 77.0 Å². The SMILES string of the molecule is O=C(N[C@H]1COC2(CCOCC2)[C@@H]1O)OCC1c2ccccc2-c2ccccc21. The second kappa shape index (κ2) is 7.44. The minimum atomic E-state index is -0.758. The van der Waals surface area contributed by atoms with Crippen molar-refractivity contribution in [2.24, 2.45) is 0 Å². The number of amides is 1. The van der Waals surface area contributed by atoms with Gasteiger partial charge < -0.3 is 24.6 Å². The van der Waals surface area contributed by atoms with Gasteiger partial charge in [-0.1, -0.05) is 48.5 Å². The molecular formula is C23H25NO5. The number of rotatable bonds is 3. The van der Waals surface area contributed by atoms with Crippen molar-refractivity contribution in [2.75, 3.05) is 26.4 Å². The first-order chi connectivity index (χ1) is 14.2. The summed E-state index contributed by atoms with van der Waals surface area (Å²) < 4.78 is 16.8. The van der Waals surface area contributed by atoms with E-state index < -0.39 is 23.8 Å². The maximum atomic E-state index is 12.5. The summed E-state index contributed by atoms with van der Waals surface area (Å²) in [5, 5.41) is 13.5. The Labute approximate surface area is 169 Å². The predicted octanol–water partition coefficient (Wildman–Crippen LogP) is 2.83. The molecule has 3 aliphatic rings. The maximum Gasteiger partial charge on any atom is 0.407 e. The van der Waals surface area contributed by atoms with Crippen LogP contribution in [0.4, 0.5) is 4.79 Å². The van der Waals surface area contributed by atoms with E-state index in [0.29, 0.717) is 26.1 Å². The smallest absolute Gasteiger partial charge is 0.407 e. The highest BCUT2D eigenvalue weighted by Crippen LogP contribution is 2.44. The van der Waals surface area contributed by atoms with Crippen LogP contribution in [-0.4, -0.2) is 55.4 Å². The summed E-state index contributed by atoms with van der Waals surface area (Å²) in [6, 6.07) is 16.0. The third-order valence-electron chi connectivity index (χ3n) is 6.46. The molecule has 0 bridgehead atoms. The molecule has 29 heavy (non-hydrogen) atoms. The largest absolute Gasteiger partial charge is 0.449 e. The molecule has 1 amide bonds. The first kappa shape index (κ1) is 18.6. The molecule has 1 spiro atoms. The number of aliphatic hydroxyl groups is 1. The molecule has 6 heteroatoms. The molecule has 0 aromatic heterocycles. The second-order valence-electron chi connectivity index (χ2n) is 8.01. The molecule has 2 N–H and O–H groups in total. The summed E-state index contributed by atoms with van der Waals surface area (Å²) in [7, 11) is 0. The van der Waals surface area contributed by atoms with Gasteiger partial charge >= 0.3 is 6.09 Å². The molecule has 6 nitrogen and oxygen atoms in total. The van der Waals surface area contributed by atoms with E-state index in [1.54, 1.807) is 0 Å². The van der Waals surface area contributed by atoms with Crippen molar-refractivity contribution in [3.8, 4) is 11.1 Å². The van der Waals surface area contributed by atoms with E-state index in [-0.39, 0.29) is 19.1 Å². The standard InChI is InChI=1S/C23H25NO5/c25-21-20(14-29-23(21)9-11-27-12-10-23)24-22(26)28-13-19-17-7-3-1-5-15(17)16-6-2-4-8-18(16)19/h1-8,19-21,25H,9-14H2,(H,24,26)/t20-,21+/m0/s1. The molecule has 2 heterocycles. The quantitative estimate of drug-likeness (QED) is 0.836. The molecule has 0 radical (unpaired) electrons. The average Bonchev–Trinajstić information content (AvgIpc) is 3.23. The highest BCUT2D eigenvalue weighted by Gasteiger charge is 2.50. The van der Waals surface area contributed by atoms with Gasteiger partial charge in [0.25, 0.3) is 0 Å². The van der Waals surface area contributed by atoms with Crippen molar-refractivity contribution < 1.29 is 24.1 Å². The van der Waals surface area contributed by atoms with E-state index in [2.05, 4.69) is 29.6 Å². The van der Waals surface area contributed by atoms with Crippen LogP contribution in [0.1, 0.15) is 29.9 Å². The van der Waals surface area contributed by atoms with Crippen LogP contribution < -0.4 is 5.32 Å².